The Kier molecular flexibility index (Phi) is 5.17. The lowest BCUT2D eigenvalue weighted by Gasteiger charge is -2.08. The van der Waals surface area contributed by atoms with Crippen molar-refractivity contribution >= 4 is 17.4 Å². The minimum atomic E-state index is -0.361. The molecule has 1 N–H and O–H groups in total. The smallest absolute Gasteiger partial charge is 0.228 e. The van der Waals surface area contributed by atoms with Crippen LogP contribution in [0.1, 0.15) is 17.1 Å². The molecule has 0 radical (unpaired) electrons. The predicted molar refractivity (Wildman–Crippen MR) is 129 cm³/mol. The summed E-state index contributed by atoms with van der Waals surface area (Å²) in [5.74, 6) is 1.56. The summed E-state index contributed by atoms with van der Waals surface area (Å²) < 4.78 is 19.6. The van der Waals surface area contributed by atoms with Crippen molar-refractivity contribution < 1.29 is 4.39 Å². The number of aryl methyl sites for hydroxylation is 2. The van der Waals surface area contributed by atoms with Gasteiger partial charge in [0, 0.05) is 31.1 Å². The molecule has 6 rings (SSSR count). The Labute approximate surface area is 204 Å². The molecule has 0 atom stereocenters. The van der Waals surface area contributed by atoms with Crippen molar-refractivity contribution in [2.24, 2.45) is 7.05 Å². The lowest BCUT2D eigenvalue weighted by molar-refractivity contribution is 0.601. The second-order valence-electron chi connectivity index (χ2n) is 8.26. The van der Waals surface area contributed by atoms with Gasteiger partial charge in [0.25, 0.3) is 0 Å². The van der Waals surface area contributed by atoms with Crippen molar-refractivity contribution in [3.05, 3.63) is 90.2 Å². The Bertz CT molecular complexity index is 1700. The lowest BCUT2D eigenvalue weighted by atomic mass is 10.2. The van der Waals surface area contributed by atoms with Gasteiger partial charge in [-0.2, -0.15) is 5.10 Å². The molecule has 6 aromatic rings. The van der Waals surface area contributed by atoms with Crippen molar-refractivity contribution in [2.75, 3.05) is 5.32 Å². The Morgan fingerprint density at radius 3 is 2.78 bits per heavy atom. The fourth-order valence-corrected chi connectivity index (χ4v) is 3.94. The summed E-state index contributed by atoms with van der Waals surface area (Å²) in [4.78, 5) is 8.91. The van der Waals surface area contributed by atoms with Crippen LogP contribution in [-0.4, -0.2) is 49.3 Å². The van der Waals surface area contributed by atoms with Gasteiger partial charge in [0.15, 0.2) is 5.65 Å². The Morgan fingerprint density at radius 1 is 1.03 bits per heavy atom. The second kappa shape index (κ2) is 8.65. The van der Waals surface area contributed by atoms with E-state index in [1.807, 2.05) is 54.9 Å². The number of hydrogen-bond donors (Lipinski definition) is 1. The van der Waals surface area contributed by atoms with Crippen molar-refractivity contribution in [3.8, 4) is 16.9 Å². The van der Waals surface area contributed by atoms with Gasteiger partial charge in [-0.1, -0.05) is 11.3 Å². The normalized spacial score (nSPS) is 11.3. The zero-order valence-corrected chi connectivity index (χ0v) is 19.4. The Hall–Kier alpha value is -5.00. The van der Waals surface area contributed by atoms with Gasteiger partial charge >= 0.3 is 0 Å². The molecule has 5 aromatic heterocycles. The lowest BCUT2D eigenvalue weighted by Crippen LogP contribution is -2.07. The van der Waals surface area contributed by atoms with E-state index in [2.05, 4.69) is 40.9 Å². The molecule has 36 heavy (non-hydrogen) atoms. The number of halogens is 1. The maximum atomic E-state index is 14.5. The first-order valence-corrected chi connectivity index (χ1v) is 11.1. The molecule has 11 nitrogen and oxygen atoms in total. The van der Waals surface area contributed by atoms with Crippen LogP contribution in [-0.2, 0) is 13.5 Å². The van der Waals surface area contributed by atoms with E-state index >= 15 is 0 Å². The summed E-state index contributed by atoms with van der Waals surface area (Å²) in [5.41, 5.74) is 4.12. The molecule has 0 aliphatic carbocycles. The molecule has 0 aliphatic heterocycles. The number of fused-ring (bicyclic) bond motifs is 1. The maximum Gasteiger partial charge on any atom is 0.228 e. The van der Waals surface area contributed by atoms with E-state index in [1.165, 1.54) is 10.7 Å². The van der Waals surface area contributed by atoms with E-state index in [0.717, 1.165) is 22.6 Å². The highest BCUT2D eigenvalue weighted by Crippen LogP contribution is 2.22. The van der Waals surface area contributed by atoms with Crippen LogP contribution < -0.4 is 5.32 Å². The summed E-state index contributed by atoms with van der Waals surface area (Å²) in [6, 6.07) is 12.5. The number of nitrogens with zero attached hydrogens (tertiary/aromatic N) is 10. The maximum absolute atomic E-state index is 14.5. The number of pyridine rings is 1. The molecular formula is C24H20FN11. The van der Waals surface area contributed by atoms with Crippen molar-refractivity contribution in [1.29, 1.82) is 0 Å². The van der Waals surface area contributed by atoms with Gasteiger partial charge in [-0.15, -0.1) is 15.3 Å². The molecule has 178 valence electrons. The summed E-state index contributed by atoms with van der Waals surface area (Å²) >= 11 is 0. The zero-order valence-electron chi connectivity index (χ0n) is 19.4. The number of aromatic nitrogens is 10. The first-order valence-electron chi connectivity index (χ1n) is 11.1. The van der Waals surface area contributed by atoms with Crippen molar-refractivity contribution in [1.82, 2.24) is 49.3 Å². The molecular weight excluding hydrogens is 461 g/mol. The molecule has 0 amide bonds. The average Bonchev–Trinajstić information content (AvgIpc) is 3.61. The van der Waals surface area contributed by atoms with Crippen LogP contribution in [0.25, 0.3) is 22.6 Å². The summed E-state index contributed by atoms with van der Waals surface area (Å²) in [5, 5.41) is 24.0. The monoisotopic (exact) mass is 481 g/mol. The highest BCUT2D eigenvalue weighted by molar-refractivity contribution is 5.65. The highest BCUT2D eigenvalue weighted by atomic mass is 19.1. The van der Waals surface area contributed by atoms with Crippen molar-refractivity contribution in [3.63, 3.8) is 0 Å². The topological polar surface area (TPSA) is 117 Å². The summed E-state index contributed by atoms with van der Waals surface area (Å²) in [7, 11) is 1.84. The quantitative estimate of drug-likeness (QED) is 0.385. The number of nitrogens with one attached hydrogen (secondary N) is 1. The first kappa shape index (κ1) is 21.5. The third kappa shape index (κ3) is 3.94. The van der Waals surface area contributed by atoms with Gasteiger partial charge < -0.3 is 5.32 Å². The third-order valence-corrected chi connectivity index (χ3v) is 5.78. The SMILES string of the molecule is Cc1ccc(-n2nncc2Cc2nnc3cc(-c4ccnc(Nc5ccnn5C)n4)ccn23)c(F)c1. The zero-order chi connectivity index (χ0) is 24.6. The van der Waals surface area contributed by atoms with E-state index in [-0.39, 0.29) is 5.82 Å². The largest absolute Gasteiger partial charge is 0.309 e. The van der Waals surface area contributed by atoms with Crippen LogP contribution in [0.2, 0.25) is 0 Å². The number of rotatable bonds is 6. The number of benzene rings is 1. The molecule has 0 unspecified atom stereocenters. The predicted octanol–water partition coefficient (Wildman–Crippen LogP) is 3.28. The molecule has 1 aromatic carbocycles. The summed E-state index contributed by atoms with van der Waals surface area (Å²) in [6.45, 7) is 1.84. The van der Waals surface area contributed by atoms with E-state index in [0.29, 0.717) is 35.2 Å². The van der Waals surface area contributed by atoms with Gasteiger partial charge in [0.1, 0.15) is 23.1 Å². The van der Waals surface area contributed by atoms with Gasteiger partial charge in [0.05, 0.1) is 30.2 Å². The van der Waals surface area contributed by atoms with E-state index in [4.69, 9.17) is 0 Å². The minimum Gasteiger partial charge on any atom is -0.309 e. The molecule has 12 heteroatoms. The second-order valence-corrected chi connectivity index (χ2v) is 8.26. The molecule has 0 fully saturated rings. The number of hydrogen-bond acceptors (Lipinski definition) is 8. The average molecular weight is 481 g/mol. The van der Waals surface area contributed by atoms with E-state index < -0.39 is 0 Å². The van der Waals surface area contributed by atoms with Crippen LogP contribution >= 0.6 is 0 Å². The standard InChI is InChI=1S/C24H20FN11/c1-15-3-4-20(18(25)11-15)36-17(14-27-33-36)13-23-32-31-22-12-16(7-10-35(22)23)19-5-8-26-24(29-19)30-21-6-9-28-34(21)2/h3-12,14H,13H2,1-2H3,(H,26,29,30). The van der Waals surface area contributed by atoms with Gasteiger partial charge in [-0.25, -0.2) is 19.0 Å². The van der Waals surface area contributed by atoms with Gasteiger partial charge in [-0.3, -0.25) is 9.08 Å². The van der Waals surface area contributed by atoms with Crippen LogP contribution in [0.5, 0.6) is 0 Å². The first-order chi connectivity index (χ1) is 17.5. The fraction of sp³-hybridized carbons (Fsp3) is 0.125. The van der Waals surface area contributed by atoms with Crippen LogP contribution in [0.4, 0.5) is 16.2 Å². The fourth-order valence-electron chi connectivity index (χ4n) is 3.94. The Balaban J connectivity index is 1.28. The molecule has 0 saturated carbocycles. The molecule has 5 heterocycles. The molecule has 0 spiro atoms. The van der Waals surface area contributed by atoms with Crippen LogP contribution in [0, 0.1) is 12.7 Å². The van der Waals surface area contributed by atoms with Gasteiger partial charge in [-0.05, 0) is 42.8 Å². The molecule has 0 aliphatic rings. The van der Waals surface area contributed by atoms with E-state index in [1.54, 1.807) is 29.3 Å². The van der Waals surface area contributed by atoms with Gasteiger partial charge in [0.2, 0.25) is 5.95 Å². The van der Waals surface area contributed by atoms with Crippen LogP contribution in [0.3, 0.4) is 0 Å². The highest BCUT2D eigenvalue weighted by Gasteiger charge is 2.15. The Morgan fingerprint density at radius 2 is 1.94 bits per heavy atom. The summed E-state index contributed by atoms with van der Waals surface area (Å²) in [6.07, 6.45) is 7.25. The van der Waals surface area contributed by atoms with Crippen molar-refractivity contribution in [2.45, 2.75) is 13.3 Å². The van der Waals surface area contributed by atoms with Crippen LogP contribution in [0.15, 0.2) is 67.3 Å². The molecule has 0 bridgehead atoms. The number of anilines is 2. The van der Waals surface area contributed by atoms with E-state index in [9.17, 15) is 4.39 Å². The minimum absolute atomic E-state index is 0.337. The third-order valence-electron chi connectivity index (χ3n) is 5.78. The molecule has 0 saturated heterocycles.